The molecule has 1 rings (SSSR count). The van der Waals surface area contributed by atoms with Crippen LogP contribution in [-0.2, 0) is 14.4 Å². The van der Waals surface area contributed by atoms with Crippen molar-refractivity contribution in [2.24, 2.45) is 11.5 Å². The van der Waals surface area contributed by atoms with Gasteiger partial charge in [-0.1, -0.05) is 0 Å². The Balaban J connectivity index is 2.93. The van der Waals surface area contributed by atoms with Crippen molar-refractivity contribution in [3.05, 3.63) is 12.1 Å². The highest BCUT2D eigenvalue weighted by atomic mass is 16.5. The maximum atomic E-state index is 11.6. The molecule has 0 aliphatic heterocycles. The number of rotatable bonds is 9. The van der Waals surface area contributed by atoms with Gasteiger partial charge in [-0.05, 0) is 0 Å². The average molecular weight is 338 g/mol. The predicted molar refractivity (Wildman–Crippen MR) is 88.4 cm³/mol. The fourth-order valence-electron chi connectivity index (χ4n) is 1.61. The van der Waals surface area contributed by atoms with Crippen molar-refractivity contribution in [2.75, 3.05) is 37.4 Å². The zero-order valence-corrected chi connectivity index (χ0v) is 13.4. The number of hydrogen-bond donors (Lipinski definition) is 5. The Labute approximate surface area is 139 Å². The third-order valence-electron chi connectivity index (χ3n) is 2.73. The summed E-state index contributed by atoms with van der Waals surface area (Å²) in [6.45, 7) is 0.171. The Kier molecular flexibility index (Phi) is 8.16. The molecule has 0 saturated heterocycles. The van der Waals surface area contributed by atoms with Crippen LogP contribution in [0.4, 0.5) is 11.6 Å². The van der Waals surface area contributed by atoms with Crippen LogP contribution in [0.25, 0.3) is 0 Å². The molecule has 0 aliphatic carbocycles. The normalized spacial score (nSPS) is 9.96. The standard InChI is InChI=1S/C14H22N6O4/c1-17-14(23)8-24-9-6-10(19-12(21)2-4-15)18-11(7-9)20-13(22)3-5-16/h6-7H,2-5,8,15-16H2,1H3,(H,17,23)(H2,18,19,20,21,22). The molecule has 0 aliphatic rings. The predicted octanol–water partition coefficient (Wildman–Crippen LogP) is -1.22. The van der Waals surface area contributed by atoms with E-state index in [1.54, 1.807) is 0 Å². The summed E-state index contributed by atoms with van der Waals surface area (Å²) in [6, 6.07) is 2.88. The molecule has 1 heterocycles. The van der Waals surface area contributed by atoms with E-state index in [-0.39, 0.29) is 67.6 Å². The highest BCUT2D eigenvalue weighted by Crippen LogP contribution is 2.21. The van der Waals surface area contributed by atoms with E-state index in [4.69, 9.17) is 16.2 Å². The van der Waals surface area contributed by atoms with Gasteiger partial charge in [0.05, 0.1) is 0 Å². The number of amides is 3. The lowest BCUT2D eigenvalue weighted by Gasteiger charge is -2.11. The van der Waals surface area contributed by atoms with Gasteiger partial charge >= 0.3 is 0 Å². The van der Waals surface area contributed by atoms with Gasteiger partial charge in [0.2, 0.25) is 11.8 Å². The number of hydrogen-bond acceptors (Lipinski definition) is 7. The number of nitrogens with zero attached hydrogens (tertiary/aromatic N) is 1. The number of nitrogens with two attached hydrogens (primary N) is 2. The molecule has 0 spiro atoms. The zero-order valence-electron chi connectivity index (χ0n) is 13.4. The van der Waals surface area contributed by atoms with Crippen LogP contribution in [0.3, 0.4) is 0 Å². The van der Waals surface area contributed by atoms with Crippen LogP contribution in [0.15, 0.2) is 12.1 Å². The third-order valence-corrected chi connectivity index (χ3v) is 2.73. The largest absolute Gasteiger partial charge is 0.484 e. The molecular weight excluding hydrogens is 316 g/mol. The van der Waals surface area contributed by atoms with Crippen LogP contribution >= 0.6 is 0 Å². The number of ether oxygens (including phenoxy) is 1. The minimum Gasteiger partial charge on any atom is -0.484 e. The van der Waals surface area contributed by atoms with Crippen molar-refractivity contribution >= 4 is 29.4 Å². The molecule has 0 atom stereocenters. The Morgan fingerprint density at radius 3 is 1.92 bits per heavy atom. The van der Waals surface area contributed by atoms with E-state index < -0.39 is 0 Å². The van der Waals surface area contributed by atoms with E-state index in [1.165, 1.54) is 19.2 Å². The average Bonchev–Trinajstić information content (AvgIpc) is 2.52. The van der Waals surface area contributed by atoms with Crippen molar-refractivity contribution in [1.29, 1.82) is 0 Å². The molecule has 10 heteroatoms. The molecule has 1 aromatic heterocycles. The first-order valence-corrected chi connectivity index (χ1v) is 7.33. The smallest absolute Gasteiger partial charge is 0.257 e. The van der Waals surface area contributed by atoms with Crippen LogP contribution < -0.4 is 32.2 Å². The van der Waals surface area contributed by atoms with Crippen molar-refractivity contribution in [3.63, 3.8) is 0 Å². The lowest BCUT2D eigenvalue weighted by Crippen LogP contribution is -2.25. The van der Waals surface area contributed by atoms with Gasteiger partial charge in [0, 0.05) is 45.1 Å². The molecule has 0 fully saturated rings. The molecule has 7 N–H and O–H groups in total. The molecule has 3 amide bonds. The molecule has 10 nitrogen and oxygen atoms in total. The Morgan fingerprint density at radius 1 is 1.00 bits per heavy atom. The quantitative estimate of drug-likeness (QED) is 0.377. The van der Waals surface area contributed by atoms with E-state index in [1.807, 2.05) is 0 Å². The molecule has 0 radical (unpaired) electrons. The highest BCUT2D eigenvalue weighted by molar-refractivity contribution is 5.92. The first kappa shape index (κ1) is 19.3. The number of aromatic nitrogens is 1. The lowest BCUT2D eigenvalue weighted by atomic mass is 10.3. The maximum absolute atomic E-state index is 11.6. The number of pyridine rings is 1. The van der Waals surface area contributed by atoms with Gasteiger partial charge in [-0.15, -0.1) is 0 Å². The maximum Gasteiger partial charge on any atom is 0.257 e. The minimum absolute atomic E-state index is 0.125. The summed E-state index contributed by atoms with van der Waals surface area (Å²) in [5.74, 6) is -0.369. The number of anilines is 2. The fourth-order valence-corrected chi connectivity index (χ4v) is 1.61. The van der Waals surface area contributed by atoms with E-state index in [0.717, 1.165) is 0 Å². The third kappa shape index (κ3) is 7.03. The fraction of sp³-hybridized carbons (Fsp3) is 0.429. The van der Waals surface area contributed by atoms with E-state index in [2.05, 4.69) is 20.9 Å². The number of carbonyl (C=O) groups excluding carboxylic acids is 3. The van der Waals surface area contributed by atoms with Gasteiger partial charge in [-0.25, -0.2) is 4.98 Å². The Hall–Kier alpha value is -2.72. The first-order chi connectivity index (χ1) is 11.5. The first-order valence-electron chi connectivity index (χ1n) is 7.33. The van der Waals surface area contributed by atoms with Crippen LogP contribution in [0.1, 0.15) is 12.8 Å². The summed E-state index contributed by atoms with van der Waals surface area (Å²) in [5.41, 5.74) is 10.6. The van der Waals surface area contributed by atoms with Crippen molar-refractivity contribution in [2.45, 2.75) is 12.8 Å². The SMILES string of the molecule is CNC(=O)COc1cc(NC(=O)CCN)nc(NC(=O)CCN)c1. The van der Waals surface area contributed by atoms with E-state index >= 15 is 0 Å². The lowest BCUT2D eigenvalue weighted by molar-refractivity contribution is -0.122. The summed E-state index contributed by atoms with van der Waals surface area (Å²) < 4.78 is 5.32. The van der Waals surface area contributed by atoms with Gasteiger partial charge in [0.15, 0.2) is 6.61 Å². The van der Waals surface area contributed by atoms with Crippen LogP contribution in [0.5, 0.6) is 5.75 Å². The second kappa shape index (κ2) is 10.1. The van der Waals surface area contributed by atoms with Crippen LogP contribution in [-0.4, -0.2) is 49.4 Å². The molecule has 24 heavy (non-hydrogen) atoms. The van der Waals surface area contributed by atoms with E-state index in [0.29, 0.717) is 0 Å². The van der Waals surface area contributed by atoms with Gasteiger partial charge in [-0.2, -0.15) is 0 Å². The molecular formula is C14H22N6O4. The topological polar surface area (TPSA) is 161 Å². The summed E-state index contributed by atoms with van der Waals surface area (Å²) in [5, 5.41) is 7.50. The van der Waals surface area contributed by atoms with Crippen molar-refractivity contribution in [3.8, 4) is 5.75 Å². The number of carbonyl (C=O) groups is 3. The second-order valence-electron chi connectivity index (χ2n) is 4.71. The molecule has 0 unspecified atom stereocenters. The number of likely N-dealkylation sites (N-methyl/N-ethyl adjacent to an activating group) is 1. The Morgan fingerprint density at radius 2 is 1.50 bits per heavy atom. The Bertz CT molecular complexity index is 554. The molecule has 0 saturated carbocycles. The highest BCUT2D eigenvalue weighted by Gasteiger charge is 2.10. The molecule has 132 valence electrons. The summed E-state index contributed by atoms with van der Waals surface area (Å²) in [7, 11) is 1.48. The monoisotopic (exact) mass is 338 g/mol. The van der Waals surface area contributed by atoms with Crippen molar-refractivity contribution < 1.29 is 19.1 Å². The van der Waals surface area contributed by atoms with Crippen LogP contribution in [0.2, 0.25) is 0 Å². The van der Waals surface area contributed by atoms with Gasteiger partial charge in [0.1, 0.15) is 17.4 Å². The van der Waals surface area contributed by atoms with E-state index in [9.17, 15) is 14.4 Å². The summed E-state index contributed by atoms with van der Waals surface area (Å²) >= 11 is 0. The molecule has 1 aromatic rings. The number of nitrogens with one attached hydrogen (secondary N) is 3. The van der Waals surface area contributed by atoms with Gasteiger partial charge in [0.25, 0.3) is 5.91 Å². The molecule has 0 aromatic carbocycles. The zero-order chi connectivity index (χ0) is 17.9. The summed E-state index contributed by atoms with van der Waals surface area (Å²) in [4.78, 5) is 38.6. The van der Waals surface area contributed by atoms with Gasteiger partial charge in [-0.3, -0.25) is 14.4 Å². The molecule has 0 bridgehead atoms. The van der Waals surface area contributed by atoms with Gasteiger partial charge < -0.3 is 32.2 Å². The summed E-state index contributed by atoms with van der Waals surface area (Å²) in [6.07, 6.45) is 0.250. The van der Waals surface area contributed by atoms with Crippen LogP contribution in [0, 0.1) is 0 Å². The second-order valence-corrected chi connectivity index (χ2v) is 4.71. The minimum atomic E-state index is -0.326. The van der Waals surface area contributed by atoms with Crippen molar-refractivity contribution in [1.82, 2.24) is 10.3 Å².